The largest absolute Gasteiger partial charge is 0.311 e. The van der Waals surface area contributed by atoms with Crippen LogP contribution in [0.2, 0.25) is 0 Å². The van der Waals surface area contributed by atoms with Crippen LogP contribution < -0.4 is 5.32 Å². The molecule has 2 heteroatoms. The smallest absolute Gasteiger partial charge is 0.0558 e. The molecule has 1 heterocycles. The lowest BCUT2D eigenvalue weighted by Gasteiger charge is -2.50. The van der Waals surface area contributed by atoms with Crippen LogP contribution in [0.15, 0.2) is 30.3 Å². The first-order chi connectivity index (χ1) is 9.72. The Morgan fingerprint density at radius 2 is 2.00 bits per heavy atom. The zero-order valence-electron chi connectivity index (χ0n) is 12.9. The number of piperazine rings is 1. The summed E-state index contributed by atoms with van der Waals surface area (Å²) in [5, 5.41) is 3.76. The molecular formula is C18H28N2. The summed E-state index contributed by atoms with van der Waals surface area (Å²) in [4.78, 5) is 2.76. The number of nitrogens with zero attached hydrogens (tertiary/aromatic N) is 1. The molecule has 2 nitrogen and oxygen atoms in total. The van der Waals surface area contributed by atoms with Crippen LogP contribution in [0.25, 0.3) is 0 Å². The summed E-state index contributed by atoms with van der Waals surface area (Å²) in [7, 11) is 0. The highest BCUT2D eigenvalue weighted by Crippen LogP contribution is 2.35. The number of hydrogen-bond donors (Lipinski definition) is 1. The second-order valence-electron chi connectivity index (χ2n) is 6.83. The molecule has 1 aliphatic carbocycles. The first-order valence-electron chi connectivity index (χ1n) is 8.26. The van der Waals surface area contributed by atoms with Crippen LogP contribution in [-0.2, 0) is 5.54 Å². The minimum absolute atomic E-state index is 0.155. The van der Waals surface area contributed by atoms with E-state index in [9.17, 15) is 0 Å². The lowest BCUT2D eigenvalue weighted by Crippen LogP contribution is -2.62. The van der Waals surface area contributed by atoms with Crippen LogP contribution >= 0.6 is 0 Å². The van der Waals surface area contributed by atoms with Gasteiger partial charge in [0.15, 0.2) is 0 Å². The minimum Gasteiger partial charge on any atom is -0.311 e. The van der Waals surface area contributed by atoms with Crippen molar-refractivity contribution in [2.75, 3.05) is 19.6 Å². The van der Waals surface area contributed by atoms with Crippen LogP contribution in [0.1, 0.15) is 45.1 Å². The summed E-state index contributed by atoms with van der Waals surface area (Å²) in [6, 6.07) is 11.7. The second-order valence-corrected chi connectivity index (χ2v) is 6.83. The van der Waals surface area contributed by atoms with Crippen LogP contribution in [0.5, 0.6) is 0 Å². The average Bonchev–Trinajstić information content (AvgIpc) is 2.45. The van der Waals surface area contributed by atoms with E-state index in [0.29, 0.717) is 6.04 Å². The Labute approximate surface area is 123 Å². The molecule has 1 N–H and O–H groups in total. The van der Waals surface area contributed by atoms with Crippen molar-refractivity contribution in [3.63, 3.8) is 0 Å². The van der Waals surface area contributed by atoms with Crippen molar-refractivity contribution in [1.29, 1.82) is 0 Å². The molecule has 1 aromatic rings. The van der Waals surface area contributed by atoms with Crippen molar-refractivity contribution in [2.24, 2.45) is 5.92 Å². The maximum absolute atomic E-state index is 3.76. The Morgan fingerprint density at radius 3 is 2.60 bits per heavy atom. The van der Waals surface area contributed by atoms with Gasteiger partial charge in [0.1, 0.15) is 0 Å². The Bertz CT molecular complexity index is 424. The Hall–Kier alpha value is -0.860. The summed E-state index contributed by atoms with van der Waals surface area (Å²) in [5.41, 5.74) is 1.61. The molecule has 0 bridgehead atoms. The zero-order valence-corrected chi connectivity index (χ0v) is 12.9. The molecule has 0 amide bonds. The fourth-order valence-corrected chi connectivity index (χ4v) is 3.61. The quantitative estimate of drug-likeness (QED) is 0.904. The summed E-state index contributed by atoms with van der Waals surface area (Å²) in [6.45, 7) is 8.26. The first kappa shape index (κ1) is 14.1. The molecule has 2 aliphatic rings. The molecule has 2 fully saturated rings. The van der Waals surface area contributed by atoms with Crippen molar-refractivity contribution >= 4 is 0 Å². The summed E-state index contributed by atoms with van der Waals surface area (Å²) < 4.78 is 0. The normalized spacial score (nSPS) is 32.0. The molecule has 2 atom stereocenters. The Balaban J connectivity index is 1.81. The molecule has 0 aromatic heterocycles. The van der Waals surface area contributed by atoms with Crippen LogP contribution in [0, 0.1) is 5.92 Å². The summed E-state index contributed by atoms with van der Waals surface area (Å²) in [6.07, 6.45) is 5.54. The average molecular weight is 272 g/mol. The third-order valence-electron chi connectivity index (χ3n) is 5.47. The van der Waals surface area contributed by atoms with Crippen molar-refractivity contribution < 1.29 is 0 Å². The molecule has 20 heavy (non-hydrogen) atoms. The molecule has 3 rings (SSSR count). The van der Waals surface area contributed by atoms with Gasteiger partial charge in [0, 0.05) is 25.7 Å². The van der Waals surface area contributed by atoms with Crippen molar-refractivity contribution in [3.8, 4) is 0 Å². The van der Waals surface area contributed by atoms with E-state index in [1.54, 1.807) is 0 Å². The number of nitrogens with one attached hydrogen (secondary N) is 1. The van der Waals surface area contributed by atoms with E-state index in [1.165, 1.54) is 44.3 Å². The molecule has 0 spiro atoms. The van der Waals surface area contributed by atoms with E-state index in [2.05, 4.69) is 54.4 Å². The summed E-state index contributed by atoms with van der Waals surface area (Å²) in [5.74, 6) is 0.939. The maximum atomic E-state index is 3.76. The van der Waals surface area contributed by atoms with E-state index in [4.69, 9.17) is 0 Å². The second kappa shape index (κ2) is 5.87. The lowest BCUT2D eigenvalue weighted by atomic mass is 9.81. The van der Waals surface area contributed by atoms with Gasteiger partial charge in [0.25, 0.3) is 0 Å². The highest BCUT2D eigenvalue weighted by Gasteiger charge is 2.40. The molecule has 1 aliphatic heterocycles. The molecular weight excluding hydrogens is 244 g/mol. The standard InChI is InChI=1S/C18H28N2/c1-3-17-13-20(12-15-8-7-9-15)18(2,14-19-17)16-10-5-4-6-11-16/h4-6,10-11,15,17,19H,3,7-9,12-14H2,1-2H3. The van der Waals surface area contributed by atoms with Crippen molar-refractivity contribution in [1.82, 2.24) is 10.2 Å². The van der Waals surface area contributed by atoms with Gasteiger partial charge < -0.3 is 5.32 Å². The topological polar surface area (TPSA) is 15.3 Å². The van der Waals surface area contributed by atoms with Gasteiger partial charge in [-0.1, -0.05) is 43.7 Å². The van der Waals surface area contributed by atoms with E-state index in [-0.39, 0.29) is 5.54 Å². The van der Waals surface area contributed by atoms with Gasteiger partial charge >= 0.3 is 0 Å². The SMILES string of the molecule is CCC1CN(CC2CCC2)C(C)(c2ccccc2)CN1. The molecule has 1 aromatic carbocycles. The third kappa shape index (κ3) is 2.64. The van der Waals surface area contributed by atoms with E-state index >= 15 is 0 Å². The van der Waals surface area contributed by atoms with E-state index in [0.717, 1.165) is 12.5 Å². The Kier molecular flexibility index (Phi) is 4.13. The zero-order chi connectivity index (χ0) is 14.0. The molecule has 2 unspecified atom stereocenters. The fraction of sp³-hybridized carbons (Fsp3) is 0.667. The molecule has 110 valence electrons. The van der Waals surface area contributed by atoms with Crippen molar-refractivity contribution in [3.05, 3.63) is 35.9 Å². The van der Waals surface area contributed by atoms with E-state index < -0.39 is 0 Å². The van der Waals surface area contributed by atoms with Gasteiger partial charge in [-0.25, -0.2) is 0 Å². The first-order valence-corrected chi connectivity index (χ1v) is 8.26. The van der Waals surface area contributed by atoms with Crippen LogP contribution in [-0.4, -0.2) is 30.6 Å². The predicted octanol–water partition coefficient (Wildman–Crippen LogP) is 3.39. The number of benzene rings is 1. The summed E-state index contributed by atoms with van der Waals surface area (Å²) >= 11 is 0. The number of rotatable bonds is 4. The third-order valence-corrected chi connectivity index (χ3v) is 5.47. The predicted molar refractivity (Wildman–Crippen MR) is 84.8 cm³/mol. The molecule has 1 saturated carbocycles. The highest BCUT2D eigenvalue weighted by molar-refractivity contribution is 5.25. The van der Waals surface area contributed by atoms with Gasteiger partial charge in [0.05, 0.1) is 5.54 Å². The van der Waals surface area contributed by atoms with Crippen LogP contribution in [0.4, 0.5) is 0 Å². The maximum Gasteiger partial charge on any atom is 0.0558 e. The Morgan fingerprint density at radius 1 is 1.25 bits per heavy atom. The molecule has 1 saturated heterocycles. The number of hydrogen-bond acceptors (Lipinski definition) is 2. The van der Waals surface area contributed by atoms with Crippen LogP contribution in [0.3, 0.4) is 0 Å². The van der Waals surface area contributed by atoms with Crippen molar-refractivity contribution in [2.45, 2.75) is 51.1 Å². The van der Waals surface area contributed by atoms with Gasteiger partial charge in [-0.05, 0) is 37.7 Å². The monoisotopic (exact) mass is 272 g/mol. The highest BCUT2D eigenvalue weighted by atomic mass is 15.3. The minimum atomic E-state index is 0.155. The van der Waals surface area contributed by atoms with Gasteiger partial charge in [-0.2, -0.15) is 0 Å². The van der Waals surface area contributed by atoms with E-state index in [1.807, 2.05) is 0 Å². The van der Waals surface area contributed by atoms with Gasteiger partial charge in [-0.3, -0.25) is 4.90 Å². The lowest BCUT2D eigenvalue weighted by molar-refractivity contribution is 0.0219. The fourth-order valence-electron chi connectivity index (χ4n) is 3.61. The van der Waals surface area contributed by atoms with Gasteiger partial charge in [0.2, 0.25) is 0 Å². The molecule has 0 radical (unpaired) electrons. The van der Waals surface area contributed by atoms with Gasteiger partial charge in [-0.15, -0.1) is 0 Å².